The maximum absolute atomic E-state index is 11.6. The van der Waals surface area contributed by atoms with E-state index < -0.39 is 6.10 Å². The van der Waals surface area contributed by atoms with Gasteiger partial charge in [0.1, 0.15) is 11.0 Å². The molecule has 5 N–H and O–H groups in total. The molecule has 0 spiro atoms. The maximum Gasteiger partial charge on any atom is 0.275 e. The van der Waals surface area contributed by atoms with Crippen LogP contribution >= 0.6 is 12.0 Å². The van der Waals surface area contributed by atoms with Gasteiger partial charge in [-0.05, 0) is 18.5 Å². The minimum atomic E-state index is -0.558. The van der Waals surface area contributed by atoms with E-state index in [1.165, 1.54) is 6.33 Å². The van der Waals surface area contributed by atoms with E-state index in [1.54, 1.807) is 6.20 Å². The standard InChI is InChI=1S/C11H14N4O3S/c16-7-1-5(3-19-18)15-8(7)6-2-12-10-9(6)13-4-14-11(10)17/h2,4-5,7-8,12,15-16,18H,1,3H2,(H,13,14,17)/t5-,7?,8+/m0/s1. The number of H-pyrrole nitrogens is 2. The zero-order valence-corrected chi connectivity index (χ0v) is 10.8. The summed E-state index contributed by atoms with van der Waals surface area (Å²) in [5.74, 6) is 0.518. The van der Waals surface area contributed by atoms with Gasteiger partial charge in [-0.2, -0.15) is 0 Å². The molecule has 2 aromatic heterocycles. The van der Waals surface area contributed by atoms with Crippen LogP contribution in [0.15, 0.2) is 17.3 Å². The first-order valence-corrected chi connectivity index (χ1v) is 6.90. The van der Waals surface area contributed by atoms with Crippen LogP contribution < -0.4 is 10.9 Å². The molecule has 19 heavy (non-hydrogen) atoms. The minimum absolute atomic E-state index is 0.0435. The lowest BCUT2D eigenvalue weighted by Gasteiger charge is -2.14. The highest BCUT2D eigenvalue weighted by Crippen LogP contribution is 2.31. The quantitative estimate of drug-likeness (QED) is 0.515. The van der Waals surface area contributed by atoms with Crippen molar-refractivity contribution in [1.82, 2.24) is 20.3 Å². The molecular weight excluding hydrogens is 268 g/mol. The molecule has 2 aromatic rings. The number of hydrogen-bond donors (Lipinski definition) is 5. The molecule has 3 heterocycles. The lowest BCUT2D eigenvalue weighted by molar-refractivity contribution is 0.159. The number of nitrogens with zero attached hydrogens (tertiary/aromatic N) is 1. The van der Waals surface area contributed by atoms with Crippen molar-refractivity contribution in [3.05, 3.63) is 28.4 Å². The first-order chi connectivity index (χ1) is 9.20. The van der Waals surface area contributed by atoms with Gasteiger partial charge in [0.2, 0.25) is 0 Å². The van der Waals surface area contributed by atoms with Crippen molar-refractivity contribution in [2.75, 3.05) is 5.75 Å². The maximum atomic E-state index is 11.6. The Hall–Kier alpha value is -1.35. The fraction of sp³-hybridized carbons (Fsp3) is 0.455. The van der Waals surface area contributed by atoms with Crippen LogP contribution in [0.5, 0.6) is 0 Å². The minimum Gasteiger partial charge on any atom is -0.391 e. The Balaban J connectivity index is 1.97. The summed E-state index contributed by atoms with van der Waals surface area (Å²) in [4.78, 5) is 21.2. The Bertz CT molecular complexity index is 640. The van der Waals surface area contributed by atoms with Gasteiger partial charge < -0.3 is 24.9 Å². The first-order valence-electron chi connectivity index (χ1n) is 5.96. The summed E-state index contributed by atoms with van der Waals surface area (Å²) in [6, 6.07) is -0.234. The van der Waals surface area contributed by atoms with Gasteiger partial charge in [-0.15, -0.1) is 0 Å². The SMILES string of the molecule is O=c1[nH]cnc2c([C@H]3N[C@H](CSO)CC3O)c[nH]c12. The Labute approximate surface area is 112 Å². The van der Waals surface area contributed by atoms with E-state index in [4.69, 9.17) is 4.55 Å². The van der Waals surface area contributed by atoms with Gasteiger partial charge in [0.25, 0.3) is 5.56 Å². The Morgan fingerprint density at radius 3 is 3.11 bits per heavy atom. The van der Waals surface area contributed by atoms with E-state index >= 15 is 0 Å². The zero-order chi connectivity index (χ0) is 13.4. The molecule has 1 aliphatic heterocycles. The van der Waals surface area contributed by atoms with E-state index in [9.17, 15) is 9.90 Å². The lowest BCUT2D eigenvalue weighted by atomic mass is 10.0. The van der Waals surface area contributed by atoms with Crippen LogP contribution in [-0.4, -0.2) is 42.5 Å². The predicted molar refractivity (Wildman–Crippen MR) is 72.1 cm³/mol. The molecule has 0 aliphatic carbocycles. The summed E-state index contributed by atoms with van der Waals surface area (Å²) >= 11 is 0.754. The average Bonchev–Trinajstić information content (AvgIpc) is 2.94. The molecule has 0 amide bonds. The van der Waals surface area contributed by atoms with Crippen molar-refractivity contribution < 1.29 is 9.66 Å². The molecule has 0 saturated carbocycles. The van der Waals surface area contributed by atoms with E-state index in [0.29, 0.717) is 23.2 Å². The van der Waals surface area contributed by atoms with Crippen LogP contribution in [0, 0.1) is 0 Å². The third kappa shape index (κ3) is 2.16. The predicted octanol–water partition coefficient (Wildman–Crippen LogP) is 0.221. The average molecular weight is 282 g/mol. The summed E-state index contributed by atoms with van der Waals surface area (Å²) in [7, 11) is 0. The highest BCUT2D eigenvalue weighted by Gasteiger charge is 2.35. The second-order valence-corrected chi connectivity index (χ2v) is 5.23. The van der Waals surface area contributed by atoms with E-state index in [-0.39, 0.29) is 17.6 Å². The Morgan fingerprint density at radius 2 is 2.32 bits per heavy atom. The van der Waals surface area contributed by atoms with Gasteiger partial charge in [0.05, 0.1) is 18.5 Å². The number of aliphatic hydroxyl groups is 1. The van der Waals surface area contributed by atoms with Crippen molar-refractivity contribution >= 4 is 23.1 Å². The van der Waals surface area contributed by atoms with Gasteiger partial charge in [0, 0.05) is 23.6 Å². The van der Waals surface area contributed by atoms with E-state index in [1.807, 2.05) is 0 Å². The molecule has 1 unspecified atom stereocenters. The third-order valence-electron chi connectivity index (χ3n) is 3.44. The smallest absolute Gasteiger partial charge is 0.275 e. The number of aromatic nitrogens is 3. The van der Waals surface area contributed by atoms with Crippen molar-refractivity contribution in [2.45, 2.75) is 24.6 Å². The number of nitrogens with one attached hydrogen (secondary N) is 3. The van der Waals surface area contributed by atoms with Gasteiger partial charge in [-0.3, -0.25) is 4.79 Å². The van der Waals surface area contributed by atoms with Gasteiger partial charge in [-0.1, -0.05) is 0 Å². The van der Waals surface area contributed by atoms with Crippen LogP contribution in [0.4, 0.5) is 0 Å². The molecule has 0 bridgehead atoms. The molecule has 8 heteroatoms. The highest BCUT2D eigenvalue weighted by atomic mass is 32.2. The monoisotopic (exact) mass is 282 g/mol. The zero-order valence-electron chi connectivity index (χ0n) is 9.96. The highest BCUT2D eigenvalue weighted by molar-refractivity contribution is 7.93. The molecular formula is C11H14N4O3S. The molecule has 3 atom stereocenters. The molecule has 7 nitrogen and oxygen atoms in total. The normalized spacial score (nSPS) is 27.2. The molecule has 0 aromatic carbocycles. The molecule has 102 valence electrons. The van der Waals surface area contributed by atoms with Crippen LogP contribution in [0.25, 0.3) is 11.0 Å². The Morgan fingerprint density at radius 1 is 1.47 bits per heavy atom. The second-order valence-electron chi connectivity index (χ2n) is 4.64. The van der Waals surface area contributed by atoms with Gasteiger partial charge >= 0.3 is 0 Å². The summed E-state index contributed by atoms with van der Waals surface area (Å²) < 4.78 is 8.87. The second kappa shape index (κ2) is 4.97. The Kier molecular flexibility index (Phi) is 3.31. The molecule has 1 aliphatic rings. The summed E-state index contributed by atoms with van der Waals surface area (Å²) in [6.07, 6.45) is 3.05. The number of aromatic amines is 2. The van der Waals surface area contributed by atoms with E-state index in [0.717, 1.165) is 17.6 Å². The van der Waals surface area contributed by atoms with Crippen LogP contribution in [-0.2, 0) is 0 Å². The summed E-state index contributed by atoms with van der Waals surface area (Å²) in [5.41, 5.74) is 1.52. The van der Waals surface area contributed by atoms with Crippen molar-refractivity contribution in [3.63, 3.8) is 0 Å². The van der Waals surface area contributed by atoms with Gasteiger partial charge in [0.15, 0.2) is 0 Å². The summed E-state index contributed by atoms with van der Waals surface area (Å²) in [5, 5.41) is 13.4. The number of hydrogen-bond acceptors (Lipinski definition) is 6. The van der Waals surface area contributed by atoms with Crippen LogP contribution in [0.1, 0.15) is 18.0 Å². The lowest BCUT2D eigenvalue weighted by Crippen LogP contribution is -2.27. The topological polar surface area (TPSA) is 114 Å². The van der Waals surface area contributed by atoms with Crippen LogP contribution in [0.3, 0.4) is 0 Å². The molecule has 1 saturated heterocycles. The molecule has 0 radical (unpaired) electrons. The van der Waals surface area contributed by atoms with Gasteiger partial charge in [-0.25, -0.2) is 4.98 Å². The third-order valence-corrected chi connectivity index (χ3v) is 3.99. The number of rotatable bonds is 3. The van der Waals surface area contributed by atoms with E-state index in [2.05, 4.69) is 20.3 Å². The molecule has 3 rings (SSSR count). The van der Waals surface area contributed by atoms with Crippen LogP contribution in [0.2, 0.25) is 0 Å². The van der Waals surface area contributed by atoms with Crippen molar-refractivity contribution in [1.29, 1.82) is 0 Å². The largest absolute Gasteiger partial charge is 0.391 e. The fourth-order valence-corrected chi connectivity index (χ4v) is 2.98. The van der Waals surface area contributed by atoms with Crippen molar-refractivity contribution in [3.8, 4) is 0 Å². The number of fused-ring (bicyclic) bond motifs is 1. The number of aliphatic hydroxyl groups excluding tert-OH is 1. The fourth-order valence-electron chi connectivity index (χ4n) is 2.57. The first kappa shape index (κ1) is 12.7. The summed E-state index contributed by atoms with van der Waals surface area (Å²) in [6.45, 7) is 0. The molecule has 1 fully saturated rings. The van der Waals surface area contributed by atoms with Crippen molar-refractivity contribution in [2.24, 2.45) is 0 Å².